The molecule has 0 spiro atoms. The minimum atomic E-state index is -1.05. The fourth-order valence-electron chi connectivity index (χ4n) is 2.52. The van der Waals surface area contributed by atoms with Crippen molar-refractivity contribution in [3.63, 3.8) is 0 Å². The van der Waals surface area contributed by atoms with Gasteiger partial charge in [-0.3, -0.25) is 4.90 Å². The second-order valence-corrected chi connectivity index (χ2v) is 6.62. The molecule has 0 saturated carbocycles. The van der Waals surface area contributed by atoms with Gasteiger partial charge in [-0.25, -0.2) is 9.59 Å². The van der Waals surface area contributed by atoms with E-state index in [1.807, 2.05) is 12.1 Å². The molecule has 2 rings (SSSR count). The number of carboxylic acid groups (broad SMARTS) is 1. The maximum Gasteiger partial charge on any atom is 0.328 e. The molecular weight excluding hydrogens is 381 g/mol. The molecule has 1 aromatic carbocycles. The standard InChI is InChI=1S/C17H21Cl2N3O4/c18-14-4-3-12(8-15(14)19)10-22-6-7-26-13(11-22)9-21-17(25)20-5-1-2-16(23)24/h1-4,8,13H,5-7,9-11H2,(H,23,24)(H2,20,21,25). The topological polar surface area (TPSA) is 90.9 Å². The van der Waals surface area contributed by atoms with Crippen molar-refractivity contribution in [2.24, 2.45) is 0 Å². The zero-order chi connectivity index (χ0) is 18.9. The van der Waals surface area contributed by atoms with Crippen molar-refractivity contribution in [3.8, 4) is 0 Å². The van der Waals surface area contributed by atoms with Crippen molar-refractivity contribution >= 4 is 35.2 Å². The lowest BCUT2D eigenvalue weighted by Gasteiger charge is -2.33. The number of hydrogen-bond acceptors (Lipinski definition) is 4. The Morgan fingerprint density at radius 2 is 2.12 bits per heavy atom. The van der Waals surface area contributed by atoms with Crippen molar-refractivity contribution in [1.29, 1.82) is 0 Å². The number of halogens is 2. The molecule has 1 unspecified atom stereocenters. The van der Waals surface area contributed by atoms with E-state index < -0.39 is 5.97 Å². The van der Waals surface area contributed by atoms with E-state index >= 15 is 0 Å². The smallest absolute Gasteiger partial charge is 0.328 e. The number of rotatable bonds is 7. The number of nitrogens with one attached hydrogen (secondary N) is 2. The van der Waals surface area contributed by atoms with Gasteiger partial charge in [-0.05, 0) is 17.7 Å². The zero-order valence-electron chi connectivity index (χ0n) is 14.1. The molecule has 1 saturated heterocycles. The number of aliphatic carboxylic acids is 1. The first kappa shape index (κ1) is 20.5. The van der Waals surface area contributed by atoms with E-state index in [0.29, 0.717) is 29.7 Å². The number of benzene rings is 1. The monoisotopic (exact) mass is 401 g/mol. The molecule has 1 aromatic rings. The fourth-order valence-corrected chi connectivity index (χ4v) is 2.84. The average molecular weight is 402 g/mol. The SMILES string of the molecule is O=C(O)C=CCNC(=O)NCC1CN(Cc2ccc(Cl)c(Cl)c2)CCO1. The Hall–Kier alpha value is -1.80. The summed E-state index contributed by atoms with van der Waals surface area (Å²) >= 11 is 12.0. The Morgan fingerprint density at radius 3 is 2.85 bits per heavy atom. The minimum absolute atomic E-state index is 0.119. The van der Waals surface area contributed by atoms with Crippen molar-refractivity contribution in [2.75, 3.05) is 32.8 Å². The normalized spacial score (nSPS) is 18.0. The minimum Gasteiger partial charge on any atom is -0.478 e. The van der Waals surface area contributed by atoms with E-state index in [1.54, 1.807) is 6.07 Å². The summed E-state index contributed by atoms with van der Waals surface area (Å²) in [4.78, 5) is 24.2. The van der Waals surface area contributed by atoms with Crippen LogP contribution in [0.5, 0.6) is 0 Å². The highest BCUT2D eigenvalue weighted by atomic mass is 35.5. The molecule has 0 bridgehead atoms. The van der Waals surface area contributed by atoms with E-state index in [-0.39, 0.29) is 18.7 Å². The highest BCUT2D eigenvalue weighted by Gasteiger charge is 2.21. The molecule has 1 aliphatic rings. The number of carbonyl (C=O) groups excluding carboxylic acids is 1. The van der Waals surface area contributed by atoms with Gasteiger partial charge in [0.15, 0.2) is 0 Å². The first-order valence-electron chi connectivity index (χ1n) is 8.13. The van der Waals surface area contributed by atoms with Crippen molar-refractivity contribution in [1.82, 2.24) is 15.5 Å². The van der Waals surface area contributed by atoms with E-state index in [1.165, 1.54) is 6.08 Å². The van der Waals surface area contributed by atoms with Crippen LogP contribution in [0.2, 0.25) is 10.0 Å². The second-order valence-electron chi connectivity index (χ2n) is 5.81. The summed E-state index contributed by atoms with van der Waals surface area (Å²) in [5, 5.41) is 14.8. The van der Waals surface area contributed by atoms with Gasteiger partial charge in [0, 0.05) is 38.8 Å². The van der Waals surface area contributed by atoms with Crippen LogP contribution < -0.4 is 10.6 Å². The molecule has 0 aliphatic carbocycles. The lowest BCUT2D eigenvalue weighted by atomic mass is 10.2. The van der Waals surface area contributed by atoms with Gasteiger partial charge in [-0.15, -0.1) is 0 Å². The van der Waals surface area contributed by atoms with Crippen molar-refractivity contribution < 1.29 is 19.4 Å². The highest BCUT2D eigenvalue weighted by molar-refractivity contribution is 6.42. The molecule has 9 heteroatoms. The van der Waals surface area contributed by atoms with Gasteiger partial charge < -0.3 is 20.5 Å². The van der Waals surface area contributed by atoms with Crippen molar-refractivity contribution in [2.45, 2.75) is 12.6 Å². The fraction of sp³-hybridized carbons (Fsp3) is 0.412. The van der Waals surface area contributed by atoms with Gasteiger partial charge >= 0.3 is 12.0 Å². The van der Waals surface area contributed by atoms with Gasteiger partial charge in [0.1, 0.15) is 0 Å². The molecule has 3 N–H and O–H groups in total. The first-order chi connectivity index (χ1) is 12.4. The van der Waals surface area contributed by atoms with Crippen LogP contribution in [0, 0.1) is 0 Å². The van der Waals surface area contributed by atoms with Crippen LogP contribution in [-0.4, -0.2) is 60.9 Å². The third-order valence-electron chi connectivity index (χ3n) is 3.74. The summed E-state index contributed by atoms with van der Waals surface area (Å²) in [5.41, 5.74) is 1.07. The van der Waals surface area contributed by atoms with Crippen LogP contribution in [-0.2, 0) is 16.1 Å². The number of hydrogen-bond donors (Lipinski definition) is 3. The van der Waals surface area contributed by atoms with Gasteiger partial charge in [0.25, 0.3) is 0 Å². The predicted octanol–water partition coefficient (Wildman–Crippen LogP) is 2.13. The second kappa shape index (κ2) is 10.4. The van der Waals surface area contributed by atoms with E-state index in [9.17, 15) is 9.59 Å². The van der Waals surface area contributed by atoms with Crippen LogP contribution in [0.4, 0.5) is 4.79 Å². The molecule has 7 nitrogen and oxygen atoms in total. The summed E-state index contributed by atoms with van der Waals surface area (Å²) in [6, 6.07) is 5.20. The Labute approximate surface area is 161 Å². The molecule has 1 fully saturated rings. The number of carboxylic acids is 1. The molecule has 26 heavy (non-hydrogen) atoms. The van der Waals surface area contributed by atoms with Crippen LogP contribution in [0.25, 0.3) is 0 Å². The number of morpholine rings is 1. The summed E-state index contributed by atoms with van der Waals surface area (Å²) < 4.78 is 5.67. The van der Waals surface area contributed by atoms with Gasteiger partial charge in [-0.1, -0.05) is 35.3 Å². The number of carbonyl (C=O) groups is 2. The van der Waals surface area contributed by atoms with Gasteiger partial charge in [0.05, 0.1) is 22.8 Å². The molecule has 1 heterocycles. The van der Waals surface area contributed by atoms with Gasteiger partial charge in [0.2, 0.25) is 0 Å². The molecule has 1 atom stereocenters. The number of ether oxygens (including phenoxy) is 1. The first-order valence-corrected chi connectivity index (χ1v) is 8.88. The van der Waals surface area contributed by atoms with E-state index in [4.69, 9.17) is 33.0 Å². The molecule has 1 aliphatic heterocycles. The zero-order valence-corrected chi connectivity index (χ0v) is 15.6. The molecular formula is C17H21Cl2N3O4. The lowest BCUT2D eigenvalue weighted by Crippen LogP contribution is -2.48. The maximum absolute atomic E-state index is 11.7. The largest absolute Gasteiger partial charge is 0.478 e. The molecule has 2 amide bonds. The summed E-state index contributed by atoms with van der Waals surface area (Å²) in [7, 11) is 0. The highest BCUT2D eigenvalue weighted by Crippen LogP contribution is 2.23. The van der Waals surface area contributed by atoms with Crippen molar-refractivity contribution in [3.05, 3.63) is 46.0 Å². The van der Waals surface area contributed by atoms with Gasteiger partial charge in [-0.2, -0.15) is 0 Å². The molecule has 0 radical (unpaired) electrons. The third-order valence-corrected chi connectivity index (χ3v) is 4.48. The molecule has 142 valence electrons. The number of urea groups is 1. The Morgan fingerprint density at radius 1 is 1.31 bits per heavy atom. The van der Waals surface area contributed by atoms with Crippen LogP contribution >= 0.6 is 23.2 Å². The quantitative estimate of drug-likeness (QED) is 0.608. The third kappa shape index (κ3) is 7.21. The number of nitrogens with zero attached hydrogens (tertiary/aromatic N) is 1. The predicted molar refractivity (Wildman–Crippen MR) is 99.7 cm³/mol. The summed E-state index contributed by atoms with van der Waals surface area (Å²) in [6.45, 7) is 3.29. The lowest BCUT2D eigenvalue weighted by molar-refractivity contribution is -0.131. The Bertz CT molecular complexity index is 669. The summed E-state index contributed by atoms with van der Waals surface area (Å²) in [5.74, 6) is -1.05. The Balaban J connectivity index is 1.73. The Kier molecular flexibility index (Phi) is 8.18. The van der Waals surface area contributed by atoms with E-state index in [0.717, 1.165) is 24.7 Å². The van der Waals surface area contributed by atoms with Crippen LogP contribution in [0.1, 0.15) is 5.56 Å². The van der Waals surface area contributed by atoms with Crippen LogP contribution in [0.15, 0.2) is 30.4 Å². The maximum atomic E-state index is 11.7. The average Bonchev–Trinajstić information content (AvgIpc) is 2.60. The summed E-state index contributed by atoms with van der Waals surface area (Å²) in [6.07, 6.45) is 2.22. The van der Waals surface area contributed by atoms with Crippen LogP contribution in [0.3, 0.4) is 0 Å². The number of amides is 2. The van der Waals surface area contributed by atoms with E-state index in [2.05, 4.69) is 15.5 Å². The molecule has 0 aromatic heterocycles.